The number of rotatable bonds is 6. The predicted octanol–water partition coefficient (Wildman–Crippen LogP) is 2.62. The first-order chi connectivity index (χ1) is 11.6. The number of nitrogens with zero attached hydrogens (tertiary/aromatic N) is 1. The third-order valence-electron chi connectivity index (χ3n) is 4.15. The maximum atomic E-state index is 12.1. The van der Waals surface area contributed by atoms with Crippen LogP contribution in [0.15, 0.2) is 24.3 Å². The number of carbonyl (C=O) groups excluding carboxylic acids is 2. The molecule has 0 spiro atoms. The highest BCUT2D eigenvalue weighted by molar-refractivity contribution is 5.90. The Labute approximate surface area is 142 Å². The summed E-state index contributed by atoms with van der Waals surface area (Å²) in [6.45, 7) is 2.18. The van der Waals surface area contributed by atoms with E-state index in [1.54, 1.807) is 31.2 Å². The molecular weight excluding hydrogens is 306 g/mol. The fraction of sp³-hybridized carbons (Fsp3) is 0.500. The van der Waals surface area contributed by atoms with E-state index in [1.165, 1.54) is 0 Å². The molecule has 1 aromatic carbocycles. The van der Waals surface area contributed by atoms with Crippen LogP contribution < -0.4 is 10.6 Å². The van der Waals surface area contributed by atoms with Crippen molar-refractivity contribution in [3.05, 3.63) is 29.8 Å². The minimum Gasteiger partial charge on any atom is -0.462 e. The van der Waals surface area contributed by atoms with E-state index in [1.807, 2.05) is 0 Å². The zero-order chi connectivity index (χ0) is 17.4. The summed E-state index contributed by atoms with van der Waals surface area (Å²) in [4.78, 5) is 23.7. The normalized spacial score (nSPS) is 15.8. The Balaban J connectivity index is 1.85. The molecule has 1 aliphatic carbocycles. The Morgan fingerprint density at radius 1 is 1.21 bits per heavy atom. The van der Waals surface area contributed by atoms with E-state index in [0.29, 0.717) is 25.0 Å². The Morgan fingerprint density at radius 2 is 1.88 bits per heavy atom. The molecule has 6 heteroatoms. The molecule has 2 N–H and O–H groups in total. The Bertz CT molecular complexity index is 613. The SMILES string of the molecule is CCOC(=O)c1ccc(NCC(=O)NC2(C#N)CCCCC2)cc1. The summed E-state index contributed by atoms with van der Waals surface area (Å²) in [6, 6.07) is 9.01. The number of hydrogen-bond acceptors (Lipinski definition) is 5. The zero-order valence-electron chi connectivity index (χ0n) is 13.9. The summed E-state index contributed by atoms with van der Waals surface area (Å²) in [7, 11) is 0. The highest BCUT2D eigenvalue weighted by Gasteiger charge is 2.33. The molecule has 0 atom stereocenters. The first kappa shape index (κ1) is 17.8. The van der Waals surface area contributed by atoms with E-state index in [9.17, 15) is 14.9 Å². The van der Waals surface area contributed by atoms with Gasteiger partial charge in [-0.3, -0.25) is 4.79 Å². The van der Waals surface area contributed by atoms with Crippen LogP contribution in [0.4, 0.5) is 5.69 Å². The number of amides is 1. The number of benzene rings is 1. The average Bonchev–Trinajstić information content (AvgIpc) is 2.61. The highest BCUT2D eigenvalue weighted by Crippen LogP contribution is 2.27. The van der Waals surface area contributed by atoms with Gasteiger partial charge in [0.25, 0.3) is 0 Å². The monoisotopic (exact) mass is 329 g/mol. The molecule has 0 aromatic heterocycles. The van der Waals surface area contributed by atoms with E-state index in [4.69, 9.17) is 4.74 Å². The lowest BCUT2D eigenvalue weighted by molar-refractivity contribution is -0.121. The van der Waals surface area contributed by atoms with Gasteiger partial charge in [0.15, 0.2) is 0 Å². The van der Waals surface area contributed by atoms with Crippen LogP contribution in [-0.4, -0.2) is 30.6 Å². The van der Waals surface area contributed by atoms with Crippen molar-refractivity contribution < 1.29 is 14.3 Å². The van der Waals surface area contributed by atoms with Crippen LogP contribution in [0.5, 0.6) is 0 Å². The maximum absolute atomic E-state index is 12.1. The molecule has 0 radical (unpaired) electrons. The minimum atomic E-state index is -0.717. The summed E-state index contributed by atoms with van der Waals surface area (Å²) in [5, 5.41) is 15.2. The number of nitrogens with one attached hydrogen (secondary N) is 2. The molecular formula is C18H23N3O3. The van der Waals surface area contributed by atoms with Crippen LogP contribution in [-0.2, 0) is 9.53 Å². The van der Waals surface area contributed by atoms with E-state index < -0.39 is 5.54 Å². The van der Waals surface area contributed by atoms with Gasteiger partial charge in [-0.2, -0.15) is 5.26 Å². The third-order valence-corrected chi connectivity index (χ3v) is 4.15. The van der Waals surface area contributed by atoms with Gasteiger partial charge in [-0.25, -0.2) is 4.79 Å². The van der Waals surface area contributed by atoms with Crippen molar-refractivity contribution in [3.8, 4) is 6.07 Å². The summed E-state index contributed by atoms with van der Waals surface area (Å²) in [6.07, 6.45) is 4.48. The fourth-order valence-electron chi connectivity index (χ4n) is 2.85. The van der Waals surface area contributed by atoms with Crippen LogP contribution >= 0.6 is 0 Å². The van der Waals surface area contributed by atoms with E-state index >= 15 is 0 Å². The standard InChI is InChI=1S/C18H23N3O3/c1-2-24-17(23)14-6-8-15(9-7-14)20-12-16(22)21-18(13-19)10-4-3-5-11-18/h6-9,20H,2-5,10-12H2,1H3,(H,21,22). The van der Waals surface area contributed by atoms with Crippen molar-refractivity contribution >= 4 is 17.6 Å². The smallest absolute Gasteiger partial charge is 0.338 e. The number of ether oxygens (including phenoxy) is 1. The Kier molecular flexibility index (Phi) is 6.19. The zero-order valence-corrected chi connectivity index (χ0v) is 13.9. The van der Waals surface area contributed by atoms with Gasteiger partial charge in [0.1, 0.15) is 5.54 Å². The van der Waals surface area contributed by atoms with Crippen molar-refractivity contribution in [2.45, 2.75) is 44.6 Å². The molecule has 0 heterocycles. The van der Waals surface area contributed by atoms with Crippen molar-refractivity contribution in [3.63, 3.8) is 0 Å². The summed E-state index contributed by atoms with van der Waals surface area (Å²) >= 11 is 0. The molecule has 1 aromatic rings. The lowest BCUT2D eigenvalue weighted by atomic mass is 9.83. The van der Waals surface area contributed by atoms with Crippen LogP contribution in [0.25, 0.3) is 0 Å². The fourth-order valence-corrected chi connectivity index (χ4v) is 2.85. The van der Waals surface area contributed by atoms with Crippen LogP contribution in [0.3, 0.4) is 0 Å². The number of anilines is 1. The minimum absolute atomic E-state index is 0.0855. The van der Waals surface area contributed by atoms with E-state index in [2.05, 4.69) is 16.7 Å². The van der Waals surface area contributed by atoms with E-state index in [0.717, 1.165) is 24.9 Å². The largest absolute Gasteiger partial charge is 0.462 e. The van der Waals surface area contributed by atoms with Gasteiger partial charge in [0.05, 0.1) is 24.8 Å². The molecule has 6 nitrogen and oxygen atoms in total. The molecule has 1 fully saturated rings. The van der Waals surface area contributed by atoms with Crippen LogP contribution in [0.2, 0.25) is 0 Å². The van der Waals surface area contributed by atoms with Gasteiger partial charge in [-0.05, 0) is 44.0 Å². The van der Waals surface area contributed by atoms with Crippen molar-refractivity contribution in [2.75, 3.05) is 18.5 Å². The Hall–Kier alpha value is -2.55. The number of hydrogen-bond donors (Lipinski definition) is 2. The maximum Gasteiger partial charge on any atom is 0.338 e. The van der Waals surface area contributed by atoms with Crippen molar-refractivity contribution in [2.24, 2.45) is 0 Å². The quantitative estimate of drug-likeness (QED) is 0.783. The molecule has 0 unspecified atom stereocenters. The second kappa shape index (κ2) is 8.34. The van der Waals surface area contributed by atoms with Gasteiger partial charge in [0.2, 0.25) is 5.91 Å². The second-order valence-electron chi connectivity index (χ2n) is 5.95. The van der Waals surface area contributed by atoms with Gasteiger partial charge in [-0.1, -0.05) is 19.3 Å². The van der Waals surface area contributed by atoms with Gasteiger partial charge >= 0.3 is 5.97 Å². The first-order valence-electron chi connectivity index (χ1n) is 8.32. The van der Waals surface area contributed by atoms with Crippen LogP contribution in [0, 0.1) is 11.3 Å². The van der Waals surface area contributed by atoms with Crippen molar-refractivity contribution in [1.82, 2.24) is 5.32 Å². The molecule has 0 aliphatic heterocycles. The number of carbonyl (C=O) groups is 2. The third kappa shape index (κ3) is 4.72. The van der Waals surface area contributed by atoms with Gasteiger partial charge in [0, 0.05) is 5.69 Å². The molecule has 1 aliphatic rings. The summed E-state index contributed by atoms with van der Waals surface area (Å²) in [5.74, 6) is -0.567. The Morgan fingerprint density at radius 3 is 2.46 bits per heavy atom. The number of esters is 1. The molecule has 1 saturated carbocycles. The molecule has 24 heavy (non-hydrogen) atoms. The first-order valence-corrected chi connectivity index (χ1v) is 8.32. The van der Waals surface area contributed by atoms with Gasteiger partial charge < -0.3 is 15.4 Å². The van der Waals surface area contributed by atoms with Gasteiger partial charge in [-0.15, -0.1) is 0 Å². The summed E-state index contributed by atoms with van der Waals surface area (Å²) in [5.41, 5.74) is 0.482. The topological polar surface area (TPSA) is 91.2 Å². The lowest BCUT2D eigenvalue weighted by Crippen LogP contribution is -2.50. The predicted molar refractivity (Wildman–Crippen MR) is 90.5 cm³/mol. The highest BCUT2D eigenvalue weighted by atomic mass is 16.5. The second-order valence-corrected chi connectivity index (χ2v) is 5.95. The number of nitriles is 1. The van der Waals surface area contributed by atoms with E-state index in [-0.39, 0.29) is 18.4 Å². The molecule has 128 valence electrons. The van der Waals surface area contributed by atoms with Crippen molar-refractivity contribution in [1.29, 1.82) is 5.26 Å². The van der Waals surface area contributed by atoms with Crippen LogP contribution in [0.1, 0.15) is 49.4 Å². The molecule has 0 saturated heterocycles. The molecule has 0 bridgehead atoms. The molecule has 2 rings (SSSR count). The average molecular weight is 329 g/mol. The summed E-state index contributed by atoms with van der Waals surface area (Å²) < 4.78 is 4.92. The molecule has 1 amide bonds. The lowest BCUT2D eigenvalue weighted by Gasteiger charge is -2.31.